The summed E-state index contributed by atoms with van der Waals surface area (Å²) in [5, 5.41) is 14.2. The fraction of sp³-hybridized carbons (Fsp3) is 0.150. The van der Waals surface area contributed by atoms with Gasteiger partial charge in [-0.15, -0.1) is 10.2 Å². The van der Waals surface area contributed by atoms with Gasteiger partial charge in [0.1, 0.15) is 11.5 Å². The second-order valence-corrected chi connectivity index (χ2v) is 7.45. The zero-order valence-electron chi connectivity index (χ0n) is 15.3. The third-order valence-electron chi connectivity index (χ3n) is 4.09. The number of aromatic nitrogens is 4. The summed E-state index contributed by atoms with van der Waals surface area (Å²) in [6.07, 6.45) is 0. The molecule has 0 unspecified atom stereocenters. The number of rotatable bonds is 6. The number of thioether (sulfide) groups is 1. The molecule has 0 bridgehead atoms. The van der Waals surface area contributed by atoms with E-state index in [-0.39, 0.29) is 0 Å². The summed E-state index contributed by atoms with van der Waals surface area (Å²) >= 11 is 7.60. The van der Waals surface area contributed by atoms with E-state index in [0.29, 0.717) is 10.8 Å². The number of aryl methyl sites for hydroxylation is 1. The highest BCUT2D eigenvalue weighted by Crippen LogP contribution is 2.31. The normalized spacial score (nSPS) is 11.0. The van der Waals surface area contributed by atoms with Crippen molar-refractivity contribution in [3.63, 3.8) is 0 Å². The molecule has 28 heavy (non-hydrogen) atoms. The number of hydrogen-bond donors (Lipinski definition) is 0. The Labute approximate surface area is 171 Å². The van der Waals surface area contributed by atoms with Gasteiger partial charge in [0, 0.05) is 22.3 Å². The average molecular weight is 413 g/mol. The Morgan fingerprint density at radius 3 is 2.46 bits per heavy atom. The van der Waals surface area contributed by atoms with E-state index in [1.54, 1.807) is 7.11 Å². The van der Waals surface area contributed by atoms with Crippen molar-refractivity contribution in [3.8, 4) is 22.8 Å². The maximum absolute atomic E-state index is 6.07. The zero-order chi connectivity index (χ0) is 19.5. The highest BCUT2D eigenvalue weighted by Gasteiger charge is 2.17. The average Bonchev–Trinajstić information content (AvgIpc) is 3.33. The first-order valence-corrected chi connectivity index (χ1v) is 9.91. The van der Waals surface area contributed by atoms with Crippen molar-refractivity contribution in [1.29, 1.82) is 0 Å². The summed E-state index contributed by atoms with van der Waals surface area (Å²) in [7, 11) is 1.64. The molecule has 0 spiro atoms. The summed E-state index contributed by atoms with van der Waals surface area (Å²) in [5.74, 6) is 2.92. The van der Waals surface area contributed by atoms with E-state index in [4.69, 9.17) is 20.9 Å². The predicted octanol–water partition coefficient (Wildman–Crippen LogP) is 5.19. The second-order valence-electron chi connectivity index (χ2n) is 6.07. The molecule has 142 valence electrons. The Bertz CT molecular complexity index is 1070. The fourth-order valence-electron chi connectivity index (χ4n) is 2.73. The standard InChI is InChI=1S/C20H17ClN4O2S/c1-13-11-18(27-24-13)12-28-20-23-22-19(14-3-9-17(26-2)10-4-14)25(20)16-7-5-15(21)6-8-16/h3-11H,12H2,1-2H3. The Hall–Kier alpha value is -2.77. The van der Waals surface area contributed by atoms with Gasteiger partial charge in [-0.05, 0) is 55.5 Å². The lowest BCUT2D eigenvalue weighted by Gasteiger charge is -2.10. The Morgan fingerprint density at radius 2 is 1.82 bits per heavy atom. The molecule has 0 aliphatic heterocycles. The van der Waals surface area contributed by atoms with Gasteiger partial charge in [-0.25, -0.2) is 0 Å². The predicted molar refractivity (Wildman–Crippen MR) is 109 cm³/mol. The minimum atomic E-state index is 0.606. The molecule has 8 heteroatoms. The van der Waals surface area contributed by atoms with E-state index in [2.05, 4.69) is 15.4 Å². The van der Waals surface area contributed by atoms with Crippen molar-refractivity contribution in [2.24, 2.45) is 0 Å². The van der Waals surface area contributed by atoms with Crippen molar-refractivity contribution >= 4 is 23.4 Å². The summed E-state index contributed by atoms with van der Waals surface area (Å²) in [5.41, 5.74) is 2.72. The van der Waals surface area contributed by atoms with Gasteiger partial charge in [-0.1, -0.05) is 28.5 Å². The number of nitrogens with zero attached hydrogens (tertiary/aromatic N) is 4. The van der Waals surface area contributed by atoms with Crippen LogP contribution in [-0.2, 0) is 5.75 Å². The molecule has 0 saturated heterocycles. The molecule has 0 amide bonds. The molecular formula is C20H17ClN4O2S. The van der Waals surface area contributed by atoms with Gasteiger partial charge < -0.3 is 9.26 Å². The Morgan fingerprint density at radius 1 is 1.07 bits per heavy atom. The quantitative estimate of drug-likeness (QED) is 0.406. The lowest BCUT2D eigenvalue weighted by atomic mass is 10.2. The lowest BCUT2D eigenvalue weighted by molar-refractivity contribution is 0.391. The maximum Gasteiger partial charge on any atom is 0.196 e. The number of ether oxygens (including phenoxy) is 1. The smallest absolute Gasteiger partial charge is 0.196 e. The molecule has 4 aromatic rings. The van der Waals surface area contributed by atoms with Crippen LogP contribution in [0.3, 0.4) is 0 Å². The molecule has 0 aliphatic carbocycles. The lowest BCUT2D eigenvalue weighted by Crippen LogP contribution is -1.99. The second kappa shape index (κ2) is 8.08. The van der Waals surface area contributed by atoms with Gasteiger partial charge in [0.15, 0.2) is 11.0 Å². The highest BCUT2D eigenvalue weighted by atomic mass is 35.5. The highest BCUT2D eigenvalue weighted by molar-refractivity contribution is 7.98. The number of hydrogen-bond acceptors (Lipinski definition) is 6. The van der Waals surface area contributed by atoms with Gasteiger partial charge in [0.05, 0.1) is 18.6 Å². The molecule has 0 atom stereocenters. The molecule has 2 heterocycles. The molecule has 0 N–H and O–H groups in total. The van der Waals surface area contributed by atoms with Crippen LogP contribution in [0.25, 0.3) is 17.1 Å². The van der Waals surface area contributed by atoms with Gasteiger partial charge in [-0.2, -0.15) is 0 Å². The molecule has 6 nitrogen and oxygen atoms in total. The van der Waals surface area contributed by atoms with E-state index >= 15 is 0 Å². The van der Waals surface area contributed by atoms with Gasteiger partial charge >= 0.3 is 0 Å². The van der Waals surface area contributed by atoms with Gasteiger partial charge in [0.25, 0.3) is 0 Å². The van der Waals surface area contributed by atoms with Gasteiger partial charge in [-0.3, -0.25) is 4.57 Å². The molecule has 0 saturated carbocycles. The summed E-state index contributed by atoms with van der Waals surface area (Å²) in [6.45, 7) is 1.90. The largest absolute Gasteiger partial charge is 0.497 e. The van der Waals surface area contributed by atoms with Gasteiger partial charge in [0.2, 0.25) is 0 Å². The molecule has 2 aromatic heterocycles. The van der Waals surface area contributed by atoms with Crippen LogP contribution in [0.5, 0.6) is 5.75 Å². The topological polar surface area (TPSA) is 66.0 Å². The van der Waals surface area contributed by atoms with Crippen LogP contribution in [0, 0.1) is 6.92 Å². The summed E-state index contributed by atoms with van der Waals surface area (Å²) < 4.78 is 12.6. The van der Waals surface area contributed by atoms with Crippen molar-refractivity contribution in [2.75, 3.05) is 7.11 Å². The molecular weight excluding hydrogens is 396 g/mol. The van der Waals surface area contributed by atoms with Crippen molar-refractivity contribution in [1.82, 2.24) is 19.9 Å². The van der Waals surface area contributed by atoms with Crippen molar-refractivity contribution in [3.05, 3.63) is 71.1 Å². The Kier molecular flexibility index (Phi) is 5.36. The summed E-state index contributed by atoms with van der Waals surface area (Å²) in [6, 6.07) is 17.2. The van der Waals surface area contributed by atoms with E-state index in [9.17, 15) is 0 Å². The fourth-order valence-corrected chi connectivity index (χ4v) is 3.69. The first-order chi connectivity index (χ1) is 13.6. The first-order valence-electron chi connectivity index (χ1n) is 8.55. The molecule has 4 rings (SSSR count). The van der Waals surface area contributed by atoms with Crippen LogP contribution in [0.4, 0.5) is 0 Å². The van der Waals surface area contributed by atoms with E-state index in [1.165, 1.54) is 11.8 Å². The van der Waals surface area contributed by atoms with Crippen molar-refractivity contribution < 1.29 is 9.26 Å². The van der Waals surface area contributed by atoms with E-state index in [0.717, 1.165) is 39.4 Å². The minimum Gasteiger partial charge on any atom is -0.497 e. The maximum atomic E-state index is 6.07. The Balaban J connectivity index is 1.72. The third kappa shape index (κ3) is 3.90. The first kappa shape index (κ1) is 18.6. The van der Waals surface area contributed by atoms with Crippen LogP contribution in [0.1, 0.15) is 11.5 Å². The zero-order valence-corrected chi connectivity index (χ0v) is 16.9. The van der Waals surface area contributed by atoms with Crippen LogP contribution >= 0.6 is 23.4 Å². The van der Waals surface area contributed by atoms with Crippen LogP contribution in [-0.4, -0.2) is 27.0 Å². The molecule has 2 aromatic carbocycles. The molecule has 0 aliphatic rings. The van der Waals surface area contributed by atoms with Crippen molar-refractivity contribution in [2.45, 2.75) is 17.8 Å². The monoisotopic (exact) mass is 412 g/mol. The summed E-state index contributed by atoms with van der Waals surface area (Å²) in [4.78, 5) is 0. The third-order valence-corrected chi connectivity index (χ3v) is 5.29. The van der Waals surface area contributed by atoms with E-state index < -0.39 is 0 Å². The van der Waals surface area contributed by atoms with Crippen LogP contribution in [0.2, 0.25) is 5.02 Å². The SMILES string of the molecule is COc1ccc(-c2nnc(SCc3cc(C)no3)n2-c2ccc(Cl)cc2)cc1. The number of halogens is 1. The van der Waals surface area contributed by atoms with Crippen LogP contribution < -0.4 is 4.74 Å². The molecule has 0 fully saturated rings. The number of methoxy groups -OCH3 is 1. The molecule has 0 radical (unpaired) electrons. The number of benzene rings is 2. The van der Waals surface area contributed by atoms with Crippen LogP contribution in [0.15, 0.2) is 64.3 Å². The van der Waals surface area contributed by atoms with E-state index in [1.807, 2.05) is 66.1 Å². The minimum absolute atomic E-state index is 0.606.